The maximum absolute atomic E-state index is 11.3. The molecule has 0 aliphatic heterocycles. The van der Waals surface area contributed by atoms with Crippen LogP contribution < -0.4 is 5.32 Å². The Labute approximate surface area is 74.4 Å². The molecule has 3 heteroatoms. The van der Waals surface area contributed by atoms with Crippen LogP contribution in [0.25, 0.3) is 0 Å². The lowest BCUT2D eigenvalue weighted by atomic mass is 10.3. The topological polar surface area (TPSA) is 32.3 Å². The minimum absolute atomic E-state index is 0.0743. The molecule has 0 saturated heterocycles. The largest absolute Gasteiger partial charge is 0.341 e. The van der Waals surface area contributed by atoms with Crippen molar-refractivity contribution in [1.82, 2.24) is 10.2 Å². The van der Waals surface area contributed by atoms with E-state index in [0.717, 1.165) is 18.7 Å². The van der Waals surface area contributed by atoms with Crippen LogP contribution >= 0.6 is 0 Å². The standard InChI is InChI=1S/C9H18N2O/c1-8(2)7-9(12)11(4)6-5-10-3/h7,10H,5-6H2,1-4H3. The molecule has 3 nitrogen and oxygen atoms in total. The molecule has 0 aliphatic carbocycles. The Balaban J connectivity index is 3.85. The fourth-order valence-electron chi connectivity index (χ4n) is 0.747. The van der Waals surface area contributed by atoms with E-state index in [1.165, 1.54) is 0 Å². The molecule has 0 aromatic rings. The fourth-order valence-corrected chi connectivity index (χ4v) is 0.747. The minimum Gasteiger partial charge on any atom is -0.341 e. The summed E-state index contributed by atoms with van der Waals surface area (Å²) in [5, 5.41) is 2.99. The SMILES string of the molecule is CNCCN(C)C(=O)C=C(C)C. The Morgan fingerprint density at radius 1 is 1.50 bits per heavy atom. The van der Waals surface area contributed by atoms with Crippen molar-refractivity contribution in [2.45, 2.75) is 13.8 Å². The van der Waals surface area contributed by atoms with Crippen molar-refractivity contribution in [3.8, 4) is 0 Å². The van der Waals surface area contributed by atoms with Gasteiger partial charge in [-0.2, -0.15) is 0 Å². The van der Waals surface area contributed by atoms with Gasteiger partial charge in [-0.1, -0.05) is 5.57 Å². The number of carbonyl (C=O) groups is 1. The summed E-state index contributed by atoms with van der Waals surface area (Å²) in [6.45, 7) is 5.42. The van der Waals surface area contributed by atoms with Crippen LogP contribution in [-0.2, 0) is 4.79 Å². The van der Waals surface area contributed by atoms with E-state index in [4.69, 9.17) is 0 Å². The van der Waals surface area contributed by atoms with Crippen LogP contribution in [0.3, 0.4) is 0 Å². The van der Waals surface area contributed by atoms with Gasteiger partial charge in [0.1, 0.15) is 0 Å². The smallest absolute Gasteiger partial charge is 0.246 e. The van der Waals surface area contributed by atoms with Crippen LogP contribution in [0.5, 0.6) is 0 Å². The maximum atomic E-state index is 11.3. The Morgan fingerprint density at radius 2 is 2.08 bits per heavy atom. The van der Waals surface area contributed by atoms with E-state index in [9.17, 15) is 4.79 Å². The quantitative estimate of drug-likeness (QED) is 0.628. The third kappa shape index (κ3) is 4.91. The molecule has 0 aliphatic rings. The summed E-state index contributed by atoms with van der Waals surface area (Å²) >= 11 is 0. The molecule has 0 spiro atoms. The van der Waals surface area contributed by atoms with Crippen molar-refractivity contribution >= 4 is 5.91 Å². The van der Waals surface area contributed by atoms with Crippen molar-refractivity contribution in [2.75, 3.05) is 27.2 Å². The Hall–Kier alpha value is -0.830. The van der Waals surface area contributed by atoms with E-state index in [1.54, 1.807) is 18.0 Å². The van der Waals surface area contributed by atoms with Gasteiger partial charge >= 0.3 is 0 Å². The number of hydrogen-bond donors (Lipinski definition) is 1. The molecule has 0 unspecified atom stereocenters. The molecular formula is C9H18N2O. The minimum atomic E-state index is 0.0743. The molecule has 1 amide bonds. The molecule has 0 heterocycles. The molecule has 0 aromatic heterocycles. The summed E-state index contributed by atoms with van der Waals surface area (Å²) in [4.78, 5) is 13.0. The molecule has 0 aromatic carbocycles. The summed E-state index contributed by atoms with van der Waals surface area (Å²) in [5.41, 5.74) is 1.04. The lowest BCUT2D eigenvalue weighted by Crippen LogP contribution is -2.31. The summed E-state index contributed by atoms with van der Waals surface area (Å²) in [5.74, 6) is 0.0743. The first-order chi connectivity index (χ1) is 5.57. The number of amides is 1. The number of allylic oxidation sites excluding steroid dienone is 1. The average molecular weight is 170 g/mol. The zero-order valence-corrected chi connectivity index (χ0v) is 8.35. The third-order valence-corrected chi connectivity index (χ3v) is 1.49. The van der Waals surface area contributed by atoms with Gasteiger partial charge < -0.3 is 10.2 Å². The highest BCUT2D eigenvalue weighted by Crippen LogP contribution is 1.92. The van der Waals surface area contributed by atoms with E-state index >= 15 is 0 Å². The van der Waals surface area contributed by atoms with Crippen molar-refractivity contribution in [3.63, 3.8) is 0 Å². The van der Waals surface area contributed by atoms with E-state index in [2.05, 4.69) is 5.32 Å². The molecule has 0 rings (SSSR count). The van der Waals surface area contributed by atoms with Crippen LogP contribution in [0.15, 0.2) is 11.6 Å². The van der Waals surface area contributed by atoms with Gasteiger partial charge in [-0.15, -0.1) is 0 Å². The molecule has 70 valence electrons. The first-order valence-corrected chi connectivity index (χ1v) is 4.12. The van der Waals surface area contributed by atoms with E-state index in [1.807, 2.05) is 20.9 Å². The average Bonchev–Trinajstić information content (AvgIpc) is 1.98. The van der Waals surface area contributed by atoms with Crippen LogP contribution in [0.2, 0.25) is 0 Å². The molecule has 0 radical (unpaired) electrons. The van der Waals surface area contributed by atoms with Crippen molar-refractivity contribution in [1.29, 1.82) is 0 Å². The van der Waals surface area contributed by atoms with Gasteiger partial charge in [0.05, 0.1) is 0 Å². The van der Waals surface area contributed by atoms with Gasteiger partial charge in [-0.25, -0.2) is 0 Å². The van der Waals surface area contributed by atoms with Gasteiger partial charge in [0, 0.05) is 26.2 Å². The highest BCUT2D eigenvalue weighted by molar-refractivity contribution is 5.87. The van der Waals surface area contributed by atoms with E-state index < -0.39 is 0 Å². The summed E-state index contributed by atoms with van der Waals surface area (Å²) < 4.78 is 0. The third-order valence-electron chi connectivity index (χ3n) is 1.49. The van der Waals surface area contributed by atoms with Crippen LogP contribution in [0, 0.1) is 0 Å². The molecule has 12 heavy (non-hydrogen) atoms. The lowest BCUT2D eigenvalue weighted by Gasteiger charge is -2.14. The predicted molar refractivity (Wildman–Crippen MR) is 51.0 cm³/mol. The second kappa shape index (κ2) is 5.77. The van der Waals surface area contributed by atoms with Gasteiger partial charge in [0.2, 0.25) is 5.91 Å². The van der Waals surface area contributed by atoms with Gasteiger partial charge in [0.25, 0.3) is 0 Å². The van der Waals surface area contributed by atoms with Gasteiger partial charge in [-0.3, -0.25) is 4.79 Å². The number of hydrogen-bond acceptors (Lipinski definition) is 2. The normalized spacial score (nSPS) is 9.33. The zero-order chi connectivity index (χ0) is 9.56. The number of rotatable bonds is 4. The Bertz CT molecular complexity index is 171. The monoisotopic (exact) mass is 170 g/mol. The first-order valence-electron chi connectivity index (χ1n) is 4.12. The van der Waals surface area contributed by atoms with E-state index in [0.29, 0.717) is 0 Å². The van der Waals surface area contributed by atoms with Crippen molar-refractivity contribution in [2.24, 2.45) is 0 Å². The van der Waals surface area contributed by atoms with Crippen molar-refractivity contribution < 1.29 is 4.79 Å². The van der Waals surface area contributed by atoms with Crippen LogP contribution in [0.4, 0.5) is 0 Å². The predicted octanol–water partition coefficient (Wildman–Crippen LogP) is 0.630. The van der Waals surface area contributed by atoms with Crippen LogP contribution in [0.1, 0.15) is 13.8 Å². The molecule has 0 atom stereocenters. The molecule has 0 fully saturated rings. The Morgan fingerprint density at radius 3 is 2.50 bits per heavy atom. The first kappa shape index (κ1) is 11.2. The number of carbonyl (C=O) groups excluding carboxylic acids is 1. The molecule has 0 bridgehead atoms. The zero-order valence-electron chi connectivity index (χ0n) is 8.35. The highest BCUT2D eigenvalue weighted by Gasteiger charge is 2.02. The molecular weight excluding hydrogens is 152 g/mol. The summed E-state index contributed by atoms with van der Waals surface area (Å²) in [6.07, 6.45) is 1.65. The Kier molecular flexibility index (Phi) is 5.37. The fraction of sp³-hybridized carbons (Fsp3) is 0.667. The van der Waals surface area contributed by atoms with Crippen LogP contribution in [-0.4, -0.2) is 38.0 Å². The summed E-state index contributed by atoms with van der Waals surface area (Å²) in [6, 6.07) is 0. The number of nitrogens with zero attached hydrogens (tertiary/aromatic N) is 1. The lowest BCUT2D eigenvalue weighted by molar-refractivity contribution is -0.124. The van der Waals surface area contributed by atoms with E-state index in [-0.39, 0.29) is 5.91 Å². The molecule has 0 saturated carbocycles. The van der Waals surface area contributed by atoms with Gasteiger partial charge in [-0.05, 0) is 20.9 Å². The van der Waals surface area contributed by atoms with Crippen molar-refractivity contribution in [3.05, 3.63) is 11.6 Å². The maximum Gasteiger partial charge on any atom is 0.246 e. The molecule has 1 N–H and O–H groups in total. The van der Waals surface area contributed by atoms with Gasteiger partial charge in [0.15, 0.2) is 0 Å². The second-order valence-corrected chi connectivity index (χ2v) is 3.09. The number of nitrogens with one attached hydrogen (secondary N) is 1. The number of likely N-dealkylation sites (N-methyl/N-ethyl adjacent to an activating group) is 2. The second-order valence-electron chi connectivity index (χ2n) is 3.09. The highest BCUT2D eigenvalue weighted by atomic mass is 16.2. The summed E-state index contributed by atoms with van der Waals surface area (Å²) in [7, 11) is 3.68.